The molecule has 0 spiro atoms. The Balaban J connectivity index is 0.000000247. The van der Waals surface area contributed by atoms with Crippen LogP contribution >= 0.6 is 0 Å². The molecule has 0 saturated heterocycles. The number of fused-ring (bicyclic) bond motifs is 3. The minimum atomic E-state index is -0.376. The van der Waals surface area contributed by atoms with Crippen molar-refractivity contribution < 1.29 is 24.0 Å². The van der Waals surface area contributed by atoms with Gasteiger partial charge in [0.05, 0.1) is 42.1 Å². The van der Waals surface area contributed by atoms with Crippen LogP contribution in [0, 0.1) is 24.0 Å². The molecule has 1 aromatic carbocycles. The number of hydrogen-bond acceptors (Lipinski definition) is 9. The van der Waals surface area contributed by atoms with Crippen LogP contribution in [-0.4, -0.2) is 53.1 Å². The normalized spacial score (nSPS) is 10.4. The zero-order valence-electron chi connectivity index (χ0n) is 18.5. The second-order valence-corrected chi connectivity index (χ2v) is 6.74. The third kappa shape index (κ3) is 6.67. The number of esters is 2. The van der Waals surface area contributed by atoms with E-state index in [9.17, 15) is 19.7 Å². The summed E-state index contributed by atoms with van der Waals surface area (Å²) in [4.78, 5) is 41.2. The van der Waals surface area contributed by atoms with Crippen molar-refractivity contribution in [3.8, 4) is 0 Å². The van der Waals surface area contributed by atoms with Crippen molar-refractivity contribution in [1.82, 2.24) is 15.3 Å². The van der Waals surface area contributed by atoms with Gasteiger partial charge in [0.15, 0.2) is 0 Å². The number of nitro benzene ring substituents is 1. The van der Waals surface area contributed by atoms with Gasteiger partial charge in [0.25, 0.3) is 5.69 Å². The van der Waals surface area contributed by atoms with E-state index >= 15 is 0 Å². The predicted molar refractivity (Wildman–Crippen MR) is 119 cm³/mol. The fourth-order valence-electron chi connectivity index (χ4n) is 2.88. The number of aryl methyl sites for hydroxylation is 2. The van der Waals surface area contributed by atoms with Crippen LogP contribution < -0.4 is 5.32 Å². The van der Waals surface area contributed by atoms with Gasteiger partial charge in [0.1, 0.15) is 5.52 Å². The second kappa shape index (κ2) is 11.7. The molecule has 0 amide bonds. The number of ether oxygens (including phenoxy) is 2. The average Bonchev–Trinajstić information content (AvgIpc) is 2.74. The molecule has 2 aromatic heterocycles. The largest absolute Gasteiger partial charge is 0.465 e. The Morgan fingerprint density at radius 1 is 0.938 bits per heavy atom. The first-order valence-corrected chi connectivity index (χ1v) is 10.1. The first-order chi connectivity index (χ1) is 15.3. The highest BCUT2D eigenvalue weighted by Crippen LogP contribution is 2.31. The number of carbonyl (C=O) groups excluding carboxylic acids is 2. The minimum Gasteiger partial charge on any atom is -0.465 e. The van der Waals surface area contributed by atoms with Crippen molar-refractivity contribution in [1.29, 1.82) is 0 Å². The highest BCUT2D eigenvalue weighted by Gasteiger charge is 2.17. The number of benzene rings is 1. The van der Waals surface area contributed by atoms with Crippen molar-refractivity contribution in [2.45, 2.75) is 27.7 Å². The highest BCUT2D eigenvalue weighted by molar-refractivity contribution is 6.07. The molecule has 0 bridgehead atoms. The van der Waals surface area contributed by atoms with Gasteiger partial charge in [0, 0.05) is 22.8 Å². The van der Waals surface area contributed by atoms with E-state index in [-0.39, 0.29) is 35.6 Å². The maximum absolute atomic E-state index is 11.2. The monoisotopic (exact) mass is 442 g/mol. The maximum Gasteiger partial charge on any atom is 0.319 e. The summed E-state index contributed by atoms with van der Waals surface area (Å²) in [6, 6.07) is 8.75. The van der Waals surface area contributed by atoms with Crippen LogP contribution in [0.5, 0.6) is 0 Å². The van der Waals surface area contributed by atoms with Gasteiger partial charge in [-0.25, -0.2) is 0 Å². The lowest BCUT2D eigenvalue weighted by molar-refractivity contribution is -0.382. The Bertz CT molecular complexity index is 1110. The van der Waals surface area contributed by atoms with E-state index in [0.717, 1.165) is 16.8 Å². The van der Waals surface area contributed by atoms with Crippen molar-refractivity contribution in [3.63, 3.8) is 0 Å². The van der Waals surface area contributed by atoms with Crippen LogP contribution in [-0.2, 0) is 19.1 Å². The highest BCUT2D eigenvalue weighted by atomic mass is 16.6. The molecule has 0 unspecified atom stereocenters. The number of hydrogen-bond donors (Lipinski definition) is 1. The molecule has 0 fully saturated rings. The summed E-state index contributed by atoms with van der Waals surface area (Å²) in [5.41, 5.74) is 3.06. The second-order valence-electron chi connectivity index (χ2n) is 6.74. The zero-order chi connectivity index (χ0) is 23.7. The summed E-state index contributed by atoms with van der Waals surface area (Å²) >= 11 is 0. The van der Waals surface area contributed by atoms with E-state index in [1.165, 1.54) is 0 Å². The summed E-state index contributed by atoms with van der Waals surface area (Å²) in [5.74, 6) is -0.737. The molecule has 0 atom stereocenters. The number of carbonyl (C=O) groups is 2. The number of aromatic nitrogens is 2. The van der Waals surface area contributed by atoms with Crippen LogP contribution in [0.25, 0.3) is 21.8 Å². The van der Waals surface area contributed by atoms with Crippen molar-refractivity contribution in [2.24, 2.45) is 0 Å². The first-order valence-electron chi connectivity index (χ1n) is 10.1. The van der Waals surface area contributed by atoms with Gasteiger partial charge in [0.2, 0.25) is 0 Å². The fourth-order valence-corrected chi connectivity index (χ4v) is 2.88. The molecule has 1 N–H and O–H groups in total. The summed E-state index contributed by atoms with van der Waals surface area (Å²) in [5, 5.41) is 15.0. The summed E-state index contributed by atoms with van der Waals surface area (Å²) < 4.78 is 9.26. The van der Waals surface area contributed by atoms with E-state index in [4.69, 9.17) is 0 Å². The van der Waals surface area contributed by atoms with Gasteiger partial charge in [-0.2, -0.15) is 0 Å². The molecule has 0 saturated carbocycles. The standard InChI is InChI=1S/C14H11N3O2.C8H15NO4/c1-8-3-5-10-7-12(17(18)19)11-6-4-9(2)16-14(11)13(10)15-8;1-3-12-7(10)5-9-6-8(11)13-4-2/h3-7H,1-2H3;9H,3-6H2,1-2H3. The van der Waals surface area contributed by atoms with E-state index in [1.807, 2.05) is 26.0 Å². The molecular weight excluding hydrogens is 416 g/mol. The molecule has 3 aromatic rings. The molecule has 2 heterocycles. The Kier molecular flexibility index (Phi) is 8.96. The lowest BCUT2D eigenvalue weighted by atomic mass is 10.1. The van der Waals surface area contributed by atoms with Crippen molar-refractivity contribution in [2.75, 3.05) is 26.3 Å². The summed E-state index contributed by atoms with van der Waals surface area (Å²) in [6.07, 6.45) is 0. The van der Waals surface area contributed by atoms with Crippen LogP contribution in [0.1, 0.15) is 25.2 Å². The Labute approximate surface area is 185 Å². The average molecular weight is 442 g/mol. The zero-order valence-corrected chi connectivity index (χ0v) is 18.5. The Hall–Kier alpha value is -3.66. The summed E-state index contributed by atoms with van der Waals surface area (Å²) in [6.45, 7) is 7.97. The van der Waals surface area contributed by atoms with E-state index in [2.05, 4.69) is 24.8 Å². The molecular formula is C22H26N4O6. The van der Waals surface area contributed by atoms with Crippen LogP contribution in [0.2, 0.25) is 0 Å². The molecule has 10 nitrogen and oxygen atoms in total. The fraction of sp³-hybridized carbons (Fsp3) is 0.364. The van der Waals surface area contributed by atoms with Crippen LogP contribution in [0.4, 0.5) is 5.69 Å². The molecule has 170 valence electrons. The summed E-state index contributed by atoms with van der Waals surface area (Å²) in [7, 11) is 0. The smallest absolute Gasteiger partial charge is 0.319 e. The SMILES string of the molecule is CCOC(=O)CNCC(=O)OCC.Cc1ccc2cc([N+](=O)[O-])c3ccc(C)nc3c2n1. The van der Waals surface area contributed by atoms with E-state index in [1.54, 1.807) is 32.0 Å². The molecule has 32 heavy (non-hydrogen) atoms. The molecule has 0 radical (unpaired) electrons. The number of nitrogens with one attached hydrogen (secondary N) is 1. The number of nitrogens with zero attached hydrogens (tertiary/aromatic N) is 3. The van der Waals surface area contributed by atoms with Crippen molar-refractivity contribution in [3.05, 3.63) is 51.8 Å². The Morgan fingerprint density at radius 3 is 2.00 bits per heavy atom. The van der Waals surface area contributed by atoms with E-state index < -0.39 is 0 Å². The lowest BCUT2D eigenvalue weighted by Crippen LogP contribution is -2.30. The predicted octanol–water partition coefficient (Wildman–Crippen LogP) is 3.01. The molecule has 3 rings (SSSR count). The van der Waals surface area contributed by atoms with Gasteiger partial charge in [-0.3, -0.25) is 35.0 Å². The quantitative estimate of drug-likeness (QED) is 0.254. The maximum atomic E-state index is 11.2. The van der Waals surface area contributed by atoms with Gasteiger partial charge in [-0.05, 0) is 45.9 Å². The molecule has 10 heteroatoms. The van der Waals surface area contributed by atoms with Gasteiger partial charge < -0.3 is 9.47 Å². The van der Waals surface area contributed by atoms with E-state index in [0.29, 0.717) is 29.6 Å². The molecule has 0 aliphatic heterocycles. The van der Waals surface area contributed by atoms with Gasteiger partial charge in [-0.1, -0.05) is 6.07 Å². The first kappa shape index (κ1) is 24.6. The third-order valence-corrected chi connectivity index (χ3v) is 4.24. The third-order valence-electron chi connectivity index (χ3n) is 4.24. The van der Waals surface area contributed by atoms with Crippen LogP contribution in [0.15, 0.2) is 30.3 Å². The number of nitro groups is 1. The van der Waals surface area contributed by atoms with Gasteiger partial charge >= 0.3 is 11.9 Å². The number of rotatable bonds is 7. The lowest BCUT2D eigenvalue weighted by Gasteiger charge is -2.05. The van der Waals surface area contributed by atoms with Crippen LogP contribution in [0.3, 0.4) is 0 Å². The Morgan fingerprint density at radius 2 is 1.47 bits per heavy atom. The molecule has 0 aliphatic rings. The number of non-ortho nitro benzene ring substituents is 1. The minimum absolute atomic E-state index is 0.0344. The van der Waals surface area contributed by atoms with Crippen molar-refractivity contribution >= 4 is 39.4 Å². The topological polar surface area (TPSA) is 134 Å². The number of pyridine rings is 2. The molecule has 0 aliphatic carbocycles. The van der Waals surface area contributed by atoms with Gasteiger partial charge in [-0.15, -0.1) is 0 Å².